The van der Waals surface area contributed by atoms with Crippen molar-refractivity contribution >= 4 is 17.9 Å². The number of fused-ring (bicyclic) bond motifs is 5. The summed E-state index contributed by atoms with van der Waals surface area (Å²) in [6.45, 7) is 10.6. The second-order valence-corrected chi connectivity index (χ2v) is 15.1. The van der Waals surface area contributed by atoms with Crippen LogP contribution in [0, 0.1) is 34.0 Å². The summed E-state index contributed by atoms with van der Waals surface area (Å²) < 4.78 is 40.6. The molecule has 4 saturated carbocycles. The number of hydrogen-bond donors (Lipinski definition) is 0. The van der Waals surface area contributed by atoms with Crippen LogP contribution in [-0.2, 0) is 19.0 Å². The molecule has 10 nitrogen and oxygen atoms in total. The molecule has 0 saturated heterocycles. The SMILES string of the molecule is C=C1C[C@]23C[C@@H]1CC[C@H]2[C@]1(C)CC[C@@H](OC(=O)c2ccc4c(c2)OCO4)[C@](C)(COC(C)=O)C1C[C@@H]3OC(=O)c1ccc2c(c1)OCO2. The average Bonchev–Trinajstić information content (AvgIpc) is 3.80. The first kappa shape index (κ1) is 31.1. The third-order valence-corrected chi connectivity index (χ3v) is 12.7. The van der Waals surface area contributed by atoms with Gasteiger partial charge in [0.15, 0.2) is 23.0 Å². The molecular formula is C38H42O10. The van der Waals surface area contributed by atoms with Gasteiger partial charge in [-0.25, -0.2) is 9.59 Å². The first-order valence-corrected chi connectivity index (χ1v) is 17.0. The predicted molar refractivity (Wildman–Crippen MR) is 171 cm³/mol. The summed E-state index contributed by atoms with van der Waals surface area (Å²) in [5, 5.41) is 0. The molecule has 48 heavy (non-hydrogen) atoms. The van der Waals surface area contributed by atoms with Gasteiger partial charge in [0.25, 0.3) is 0 Å². The molecule has 0 aromatic heterocycles. The van der Waals surface area contributed by atoms with Gasteiger partial charge in [-0.05, 0) is 105 Å². The Morgan fingerprint density at radius 3 is 2.04 bits per heavy atom. The molecule has 10 heteroatoms. The summed E-state index contributed by atoms with van der Waals surface area (Å²) in [6.07, 6.45) is 4.90. The minimum Gasteiger partial charge on any atom is -0.465 e. The van der Waals surface area contributed by atoms with Crippen molar-refractivity contribution in [2.75, 3.05) is 20.2 Å². The van der Waals surface area contributed by atoms with E-state index in [9.17, 15) is 14.4 Å². The number of rotatable bonds is 6. The highest BCUT2D eigenvalue weighted by Crippen LogP contribution is 2.73. The van der Waals surface area contributed by atoms with Crippen LogP contribution in [0.25, 0.3) is 0 Å². The lowest BCUT2D eigenvalue weighted by atomic mass is 9.40. The fourth-order valence-electron chi connectivity index (χ4n) is 10.5. The molecule has 0 amide bonds. The molecule has 4 aliphatic carbocycles. The van der Waals surface area contributed by atoms with Gasteiger partial charge in [0.1, 0.15) is 18.8 Å². The fraction of sp³-hybridized carbons (Fsp3) is 0.553. The lowest BCUT2D eigenvalue weighted by Gasteiger charge is -2.66. The van der Waals surface area contributed by atoms with Crippen LogP contribution >= 0.6 is 0 Å². The van der Waals surface area contributed by atoms with Crippen LogP contribution in [0.4, 0.5) is 0 Å². The molecule has 2 aromatic rings. The van der Waals surface area contributed by atoms with Gasteiger partial charge in [0.05, 0.1) is 11.1 Å². The Labute approximate surface area is 280 Å². The summed E-state index contributed by atoms with van der Waals surface area (Å²) in [4.78, 5) is 39.9. The van der Waals surface area contributed by atoms with E-state index in [1.165, 1.54) is 12.5 Å². The lowest BCUT2D eigenvalue weighted by molar-refractivity contribution is -0.232. The Morgan fingerprint density at radius 2 is 1.42 bits per heavy atom. The van der Waals surface area contributed by atoms with Crippen LogP contribution in [0.1, 0.15) is 86.4 Å². The molecule has 2 aliphatic heterocycles. The molecule has 8 rings (SSSR count). The van der Waals surface area contributed by atoms with Crippen molar-refractivity contribution in [3.8, 4) is 23.0 Å². The zero-order valence-electron chi connectivity index (χ0n) is 27.7. The van der Waals surface area contributed by atoms with Crippen LogP contribution in [0.15, 0.2) is 48.6 Å². The van der Waals surface area contributed by atoms with Crippen molar-refractivity contribution in [2.24, 2.45) is 34.0 Å². The highest BCUT2D eigenvalue weighted by molar-refractivity contribution is 5.91. The van der Waals surface area contributed by atoms with Crippen molar-refractivity contribution < 1.29 is 47.5 Å². The fourth-order valence-corrected chi connectivity index (χ4v) is 10.5. The van der Waals surface area contributed by atoms with Crippen LogP contribution in [0.2, 0.25) is 0 Å². The standard InChI is InChI=1S/C38H42O10/c1-21-16-38-17-25(21)7-10-30(38)36(3)12-11-32(47-34(40)23-5-8-26-28(13-23)45-19-43-26)37(4,18-42-22(2)39)31(36)15-33(38)48-35(41)24-6-9-27-29(14-24)46-20-44-27/h5-6,8-9,13-14,25,30-33H,1,7,10-12,15-20H2,2-4H3/t25-,30-,31?,32+,33-,36-,37+,38-/m0/s1. The second-order valence-electron chi connectivity index (χ2n) is 15.1. The lowest BCUT2D eigenvalue weighted by Crippen LogP contribution is -2.66. The average molecular weight is 659 g/mol. The van der Waals surface area contributed by atoms with Gasteiger partial charge >= 0.3 is 17.9 Å². The molecule has 0 N–H and O–H groups in total. The Hall–Kier alpha value is -4.21. The number of hydrogen-bond acceptors (Lipinski definition) is 10. The Bertz CT molecular complexity index is 1700. The van der Waals surface area contributed by atoms with Gasteiger partial charge in [-0.1, -0.05) is 26.0 Å². The minimum atomic E-state index is -0.748. The molecule has 8 atom stereocenters. The zero-order chi connectivity index (χ0) is 33.4. The number of carbonyl (C=O) groups is 3. The molecule has 2 heterocycles. The van der Waals surface area contributed by atoms with E-state index in [0.717, 1.165) is 32.1 Å². The number of benzene rings is 2. The van der Waals surface area contributed by atoms with Gasteiger partial charge in [-0.3, -0.25) is 4.79 Å². The highest BCUT2D eigenvalue weighted by atomic mass is 16.7. The second kappa shape index (κ2) is 11.2. The number of allylic oxidation sites excluding steroid dienone is 1. The van der Waals surface area contributed by atoms with Gasteiger partial charge in [-0.15, -0.1) is 0 Å². The molecule has 2 bridgehead atoms. The van der Waals surface area contributed by atoms with E-state index < -0.39 is 35.5 Å². The van der Waals surface area contributed by atoms with Crippen LogP contribution in [0.3, 0.4) is 0 Å². The third kappa shape index (κ3) is 4.77. The van der Waals surface area contributed by atoms with Crippen molar-refractivity contribution in [3.05, 3.63) is 59.7 Å². The first-order chi connectivity index (χ1) is 23.0. The van der Waals surface area contributed by atoms with E-state index >= 15 is 0 Å². The van der Waals surface area contributed by atoms with E-state index in [-0.39, 0.29) is 42.9 Å². The van der Waals surface area contributed by atoms with E-state index in [1.807, 2.05) is 0 Å². The summed E-state index contributed by atoms with van der Waals surface area (Å²) >= 11 is 0. The van der Waals surface area contributed by atoms with E-state index in [1.54, 1.807) is 36.4 Å². The third-order valence-electron chi connectivity index (χ3n) is 12.7. The molecule has 4 fully saturated rings. The van der Waals surface area contributed by atoms with Crippen LogP contribution < -0.4 is 18.9 Å². The molecular weight excluding hydrogens is 616 g/mol. The number of carbonyl (C=O) groups excluding carboxylic acids is 3. The molecule has 1 spiro atoms. The molecule has 6 aliphatic rings. The Kier molecular flexibility index (Phi) is 7.23. The number of ether oxygens (including phenoxy) is 7. The molecule has 0 radical (unpaired) electrons. The molecule has 1 unspecified atom stereocenters. The largest absolute Gasteiger partial charge is 0.465 e. The maximum Gasteiger partial charge on any atom is 0.338 e. The monoisotopic (exact) mass is 658 g/mol. The van der Waals surface area contributed by atoms with Crippen molar-refractivity contribution in [1.82, 2.24) is 0 Å². The summed E-state index contributed by atoms with van der Waals surface area (Å²) in [5.41, 5.74) is 0.860. The summed E-state index contributed by atoms with van der Waals surface area (Å²) in [5.74, 6) is 1.53. The predicted octanol–water partition coefficient (Wildman–Crippen LogP) is 6.65. The quantitative estimate of drug-likeness (QED) is 0.190. The van der Waals surface area contributed by atoms with Crippen molar-refractivity contribution in [3.63, 3.8) is 0 Å². The number of esters is 3. The van der Waals surface area contributed by atoms with Crippen molar-refractivity contribution in [1.29, 1.82) is 0 Å². The Balaban J connectivity index is 1.14. The molecule has 254 valence electrons. The van der Waals surface area contributed by atoms with Crippen LogP contribution in [0.5, 0.6) is 23.0 Å². The maximum atomic E-state index is 13.9. The van der Waals surface area contributed by atoms with Crippen molar-refractivity contribution in [2.45, 2.75) is 77.9 Å². The maximum absolute atomic E-state index is 13.9. The molecule has 2 aromatic carbocycles. The smallest absolute Gasteiger partial charge is 0.338 e. The normalized spacial score (nSPS) is 35.3. The summed E-state index contributed by atoms with van der Waals surface area (Å²) in [6, 6.07) is 10.2. The van der Waals surface area contributed by atoms with Gasteiger partial charge in [0, 0.05) is 17.8 Å². The Morgan fingerprint density at radius 1 is 0.812 bits per heavy atom. The van der Waals surface area contributed by atoms with Gasteiger partial charge in [0.2, 0.25) is 13.6 Å². The van der Waals surface area contributed by atoms with Gasteiger partial charge in [-0.2, -0.15) is 0 Å². The van der Waals surface area contributed by atoms with Crippen LogP contribution in [-0.4, -0.2) is 50.3 Å². The topological polar surface area (TPSA) is 116 Å². The van der Waals surface area contributed by atoms with E-state index in [0.29, 0.717) is 52.9 Å². The van der Waals surface area contributed by atoms with E-state index in [4.69, 9.17) is 33.2 Å². The first-order valence-electron chi connectivity index (χ1n) is 17.0. The minimum absolute atomic E-state index is 0.0803. The van der Waals surface area contributed by atoms with E-state index in [2.05, 4.69) is 20.4 Å². The van der Waals surface area contributed by atoms with Gasteiger partial charge < -0.3 is 33.2 Å². The summed E-state index contributed by atoms with van der Waals surface area (Å²) in [7, 11) is 0. The highest BCUT2D eigenvalue weighted by Gasteiger charge is 2.70. The zero-order valence-corrected chi connectivity index (χ0v) is 27.7.